The minimum atomic E-state index is -0.802. The van der Waals surface area contributed by atoms with Crippen LogP contribution in [-0.2, 0) is 16.0 Å². The van der Waals surface area contributed by atoms with Crippen LogP contribution in [0.5, 0.6) is 11.5 Å². The lowest BCUT2D eigenvalue weighted by molar-refractivity contribution is -0.138. The smallest absolute Gasteiger partial charge is 0.261 e. The minimum absolute atomic E-state index is 0.154. The SMILES string of the molecule is O=C(N[C@@H]1CN(C(=O)COc2ccsc2Cl)CC[C@H]1O)C1Cc2cc(F)ccc2O1. The molecule has 1 aromatic carbocycles. The number of carbonyl (C=O) groups is 2. The van der Waals surface area contributed by atoms with Crippen molar-refractivity contribution in [1.29, 1.82) is 0 Å². The summed E-state index contributed by atoms with van der Waals surface area (Å²) in [6.07, 6.45) is -1.01. The van der Waals surface area contributed by atoms with Crippen LogP contribution in [0, 0.1) is 5.82 Å². The number of thiophene rings is 1. The molecule has 4 rings (SSSR count). The fourth-order valence-electron chi connectivity index (χ4n) is 3.56. The van der Waals surface area contributed by atoms with Gasteiger partial charge in [0.05, 0.1) is 12.1 Å². The van der Waals surface area contributed by atoms with Crippen molar-refractivity contribution >= 4 is 34.8 Å². The summed E-state index contributed by atoms with van der Waals surface area (Å²) < 4.78 is 24.9. The quantitative estimate of drug-likeness (QED) is 0.721. The Balaban J connectivity index is 1.32. The van der Waals surface area contributed by atoms with E-state index in [9.17, 15) is 19.1 Å². The van der Waals surface area contributed by atoms with Gasteiger partial charge in [-0.2, -0.15) is 0 Å². The van der Waals surface area contributed by atoms with Gasteiger partial charge in [-0.25, -0.2) is 4.39 Å². The highest BCUT2D eigenvalue weighted by Gasteiger charge is 2.35. The molecule has 2 aliphatic heterocycles. The maximum atomic E-state index is 13.4. The van der Waals surface area contributed by atoms with Gasteiger partial charge in [-0.1, -0.05) is 11.6 Å². The number of fused-ring (bicyclic) bond motifs is 1. The van der Waals surface area contributed by atoms with Gasteiger partial charge in [0.1, 0.15) is 21.7 Å². The van der Waals surface area contributed by atoms with Gasteiger partial charge in [0.25, 0.3) is 11.8 Å². The van der Waals surface area contributed by atoms with Crippen molar-refractivity contribution in [3.05, 3.63) is 45.4 Å². The zero-order valence-corrected chi connectivity index (χ0v) is 17.4. The van der Waals surface area contributed by atoms with Crippen molar-refractivity contribution in [2.75, 3.05) is 19.7 Å². The molecule has 3 heterocycles. The number of amides is 2. The summed E-state index contributed by atoms with van der Waals surface area (Å²) in [6, 6.07) is 5.17. The Morgan fingerprint density at radius 2 is 2.23 bits per heavy atom. The van der Waals surface area contributed by atoms with Crippen molar-refractivity contribution in [1.82, 2.24) is 10.2 Å². The molecule has 7 nitrogen and oxygen atoms in total. The maximum absolute atomic E-state index is 13.4. The highest BCUT2D eigenvalue weighted by molar-refractivity contribution is 7.14. The zero-order valence-electron chi connectivity index (χ0n) is 15.8. The Bertz CT molecular complexity index is 955. The van der Waals surface area contributed by atoms with Crippen LogP contribution in [0.1, 0.15) is 12.0 Å². The number of halogens is 2. The van der Waals surface area contributed by atoms with E-state index in [1.807, 2.05) is 0 Å². The molecule has 160 valence electrons. The van der Waals surface area contributed by atoms with E-state index in [2.05, 4.69) is 5.32 Å². The van der Waals surface area contributed by atoms with E-state index in [0.717, 1.165) is 0 Å². The Labute approximate surface area is 181 Å². The predicted molar refractivity (Wildman–Crippen MR) is 108 cm³/mol. The molecule has 30 heavy (non-hydrogen) atoms. The molecule has 2 aromatic rings. The number of rotatable bonds is 5. The zero-order chi connectivity index (χ0) is 21.3. The van der Waals surface area contributed by atoms with Crippen LogP contribution in [-0.4, -0.2) is 59.8 Å². The Kier molecular flexibility index (Phi) is 6.12. The minimum Gasteiger partial charge on any atom is -0.481 e. The van der Waals surface area contributed by atoms with Gasteiger partial charge in [-0.15, -0.1) is 11.3 Å². The fraction of sp³-hybridized carbons (Fsp3) is 0.400. The van der Waals surface area contributed by atoms with Gasteiger partial charge in [-0.3, -0.25) is 9.59 Å². The van der Waals surface area contributed by atoms with Crippen LogP contribution in [0.4, 0.5) is 4.39 Å². The molecule has 2 amide bonds. The van der Waals surface area contributed by atoms with E-state index in [-0.39, 0.29) is 31.3 Å². The lowest BCUT2D eigenvalue weighted by Gasteiger charge is -2.36. The number of aliphatic hydroxyl groups excluding tert-OH is 1. The molecule has 0 radical (unpaired) electrons. The van der Waals surface area contributed by atoms with Crippen molar-refractivity contribution in [3.63, 3.8) is 0 Å². The Hall–Kier alpha value is -2.36. The molecular weight excluding hydrogens is 435 g/mol. The lowest BCUT2D eigenvalue weighted by atomic mass is 10.0. The molecule has 1 aromatic heterocycles. The number of hydrogen-bond donors (Lipinski definition) is 2. The number of nitrogens with one attached hydrogen (secondary N) is 1. The van der Waals surface area contributed by atoms with Gasteiger partial charge in [0, 0.05) is 25.1 Å². The Morgan fingerprint density at radius 1 is 1.40 bits per heavy atom. The van der Waals surface area contributed by atoms with Crippen LogP contribution < -0.4 is 14.8 Å². The van der Waals surface area contributed by atoms with Crippen molar-refractivity contribution in [2.45, 2.75) is 31.1 Å². The topological polar surface area (TPSA) is 88.1 Å². The van der Waals surface area contributed by atoms with E-state index in [0.29, 0.717) is 34.4 Å². The van der Waals surface area contributed by atoms with Gasteiger partial charge >= 0.3 is 0 Å². The van der Waals surface area contributed by atoms with E-state index in [1.54, 1.807) is 11.4 Å². The number of benzene rings is 1. The molecule has 1 fully saturated rings. The number of likely N-dealkylation sites (tertiary alicyclic amines) is 1. The first-order valence-corrected chi connectivity index (χ1v) is 10.7. The highest BCUT2D eigenvalue weighted by atomic mass is 35.5. The molecular formula is C20H20ClFN2O5S. The van der Waals surface area contributed by atoms with E-state index >= 15 is 0 Å². The van der Waals surface area contributed by atoms with E-state index in [1.165, 1.54) is 34.4 Å². The van der Waals surface area contributed by atoms with Crippen molar-refractivity contribution in [2.24, 2.45) is 0 Å². The summed E-state index contributed by atoms with van der Waals surface area (Å²) in [7, 11) is 0. The van der Waals surface area contributed by atoms with Crippen LogP contribution >= 0.6 is 22.9 Å². The van der Waals surface area contributed by atoms with Gasteiger partial charge in [0.2, 0.25) is 0 Å². The van der Waals surface area contributed by atoms with Gasteiger partial charge in [0.15, 0.2) is 12.7 Å². The van der Waals surface area contributed by atoms with Crippen molar-refractivity contribution < 1.29 is 28.6 Å². The van der Waals surface area contributed by atoms with Crippen LogP contribution in [0.25, 0.3) is 0 Å². The standard InChI is InChI=1S/C20H20ClFN2O5S/c21-19-16(4-6-30-19)28-10-18(26)24-5-3-14(25)13(9-24)23-20(27)17-8-11-7-12(22)1-2-15(11)29-17/h1-2,4,6-7,13-14,17,25H,3,5,8-10H2,(H,23,27)/t13-,14-,17?/m1/s1. The maximum Gasteiger partial charge on any atom is 0.261 e. The molecule has 1 unspecified atom stereocenters. The first kappa shape index (κ1) is 20.9. The van der Waals surface area contributed by atoms with E-state index < -0.39 is 24.2 Å². The summed E-state index contributed by atoms with van der Waals surface area (Å²) in [5.41, 5.74) is 0.625. The predicted octanol–water partition coefficient (Wildman–Crippen LogP) is 2.00. The molecule has 0 bridgehead atoms. The highest BCUT2D eigenvalue weighted by Crippen LogP contribution is 2.30. The average Bonchev–Trinajstić information content (AvgIpc) is 3.33. The summed E-state index contributed by atoms with van der Waals surface area (Å²) in [4.78, 5) is 26.7. The first-order chi connectivity index (χ1) is 14.4. The molecule has 2 aliphatic rings. The largest absolute Gasteiger partial charge is 0.481 e. The molecule has 1 saturated heterocycles. The fourth-order valence-corrected chi connectivity index (χ4v) is 4.39. The van der Waals surface area contributed by atoms with Gasteiger partial charge in [-0.05, 0) is 36.1 Å². The number of nitrogens with zero attached hydrogens (tertiary/aromatic N) is 1. The van der Waals surface area contributed by atoms with E-state index in [4.69, 9.17) is 21.1 Å². The second-order valence-electron chi connectivity index (χ2n) is 7.22. The van der Waals surface area contributed by atoms with Crippen molar-refractivity contribution in [3.8, 4) is 11.5 Å². The normalized spacial score (nSPS) is 22.9. The molecule has 0 saturated carbocycles. The monoisotopic (exact) mass is 454 g/mol. The molecule has 10 heteroatoms. The molecule has 3 atom stereocenters. The molecule has 2 N–H and O–H groups in total. The van der Waals surface area contributed by atoms with Gasteiger partial charge < -0.3 is 24.8 Å². The number of ether oxygens (including phenoxy) is 2. The molecule has 0 aliphatic carbocycles. The third-order valence-electron chi connectivity index (χ3n) is 5.18. The lowest BCUT2D eigenvalue weighted by Crippen LogP contribution is -2.58. The summed E-state index contributed by atoms with van der Waals surface area (Å²) in [5, 5.41) is 14.8. The third-order valence-corrected chi connectivity index (χ3v) is 6.32. The number of hydrogen-bond acceptors (Lipinski definition) is 6. The number of aliphatic hydroxyl groups is 1. The number of carbonyl (C=O) groups excluding carboxylic acids is 2. The third kappa shape index (κ3) is 4.53. The summed E-state index contributed by atoms with van der Waals surface area (Å²) >= 11 is 7.28. The summed E-state index contributed by atoms with van der Waals surface area (Å²) in [6.45, 7) is 0.332. The van der Waals surface area contributed by atoms with Crippen LogP contribution in [0.15, 0.2) is 29.6 Å². The van der Waals surface area contributed by atoms with Crippen LogP contribution in [0.2, 0.25) is 4.34 Å². The second-order valence-corrected chi connectivity index (χ2v) is 8.74. The Morgan fingerprint density at radius 3 is 3.00 bits per heavy atom. The second kappa shape index (κ2) is 8.79. The molecule has 0 spiro atoms. The van der Waals surface area contributed by atoms with Crippen LogP contribution in [0.3, 0.4) is 0 Å². The average molecular weight is 455 g/mol. The number of piperidine rings is 1. The summed E-state index contributed by atoms with van der Waals surface area (Å²) in [5.74, 6) is -0.135. The first-order valence-electron chi connectivity index (χ1n) is 9.48.